The van der Waals surface area contributed by atoms with Crippen LogP contribution in [0.5, 0.6) is 5.75 Å². The normalized spacial score (nSPS) is 12.6. The molecule has 4 aromatic rings. The van der Waals surface area contributed by atoms with Gasteiger partial charge in [0, 0.05) is 28.0 Å². The maximum atomic E-state index is 14.0. The Hall–Kier alpha value is -3.27. The molecule has 0 spiro atoms. The van der Waals surface area contributed by atoms with Gasteiger partial charge >= 0.3 is 12.4 Å². The van der Waals surface area contributed by atoms with Gasteiger partial charge in [-0.25, -0.2) is 0 Å². The van der Waals surface area contributed by atoms with Crippen molar-refractivity contribution in [1.29, 1.82) is 0 Å². The summed E-state index contributed by atoms with van der Waals surface area (Å²) in [5.74, 6) is 0.503. The van der Waals surface area contributed by atoms with E-state index in [1.165, 1.54) is 0 Å². The van der Waals surface area contributed by atoms with Gasteiger partial charge in [-0.15, -0.1) is 0 Å². The van der Waals surface area contributed by atoms with E-state index in [0.29, 0.717) is 59.5 Å². The molecule has 4 rings (SSSR count). The van der Waals surface area contributed by atoms with Crippen LogP contribution in [0.15, 0.2) is 42.6 Å². The molecule has 0 aliphatic heterocycles. The molecule has 0 unspecified atom stereocenters. The molecular weight excluding hydrogens is 472 g/mol. The second kappa shape index (κ2) is 9.41. The van der Waals surface area contributed by atoms with Gasteiger partial charge in [-0.1, -0.05) is 6.07 Å². The fourth-order valence-electron chi connectivity index (χ4n) is 4.35. The minimum Gasteiger partial charge on any atom is -0.492 e. The topological polar surface area (TPSA) is 63.9 Å². The van der Waals surface area contributed by atoms with E-state index in [2.05, 4.69) is 9.97 Å². The van der Waals surface area contributed by atoms with Crippen molar-refractivity contribution in [1.82, 2.24) is 9.97 Å². The van der Waals surface area contributed by atoms with E-state index in [-0.39, 0.29) is 23.4 Å². The minimum absolute atomic E-state index is 0.185. The summed E-state index contributed by atoms with van der Waals surface area (Å²) in [6.07, 6.45) is -7.12. The number of aromatic amines is 1. The number of rotatable bonds is 7. The number of hydrogen-bond acceptors (Lipinski definition) is 3. The number of unbranched alkanes of at least 4 members (excludes halogenated alkanes) is 1. The van der Waals surface area contributed by atoms with E-state index >= 15 is 0 Å². The number of pyridine rings is 1. The fourth-order valence-corrected chi connectivity index (χ4v) is 4.35. The predicted molar refractivity (Wildman–Crippen MR) is 122 cm³/mol. The smallest absolute Gasteiger partial charge is 0.417 e. The number of fused-ring (bicyclic) bond motifs is 2. The van der Waals surface area contributed by atoms with Gasteiger partial charge in [0.15, 0.2) is 0 Å². The van der Waals surface area contributed by atoms with E-state index in [0.717, 1.165) is 6.07 Å². The van der Waals surface area contributed by atoms with Crippen LogP contribution in [0.2, 0.25) is 0 Å². The van der Waals surface area contributed by atoms with E-state index in [1.54, 1.807) is 30.5 Å². The molecule has 186 valence electrons. The van der Waals surface area contributed by atoms with Gasteiger partial charge in [0.25, 0.3) is 0 Å². The highest BCUT2D eigenvalue weighted by molar-refractivity contribution is 6.02. The van der Waals surface area contributed by atoms with Crippen LogP contribution in [0.1, 0.15) is 36.5 Å². The highest BCUT2D eigenvalue weighted by Gasteiger charge is 2.39. The van der Waals surface area contributed by atoms with Crippen LogP contribution < -0.4 is 10.5 Å². The zero-order valence-electron chi connectivity index (χ0n) is 18.8. The summed E-state index contributed by atoms with van der Waals surface area (Å²) in [5, 5.41) is 0.345. The second-order valence-corrected chi connectivity index (χ2v) is 8.11. The van der Waals surface area contributed by atoms with Gasteiger partial charge in [0.1, 0.15) is 11.3 Å². The summed E-state index contributed by atoms with van der Waals surface area (Å²) in [5.41, 5.74) is 4.32. The van der Waals surface area contributed by atoms with Gasteiger partial charge in [-0.3, -0.25) is 4.98 Å². The molecule has 2 aromatic carbocycles. The zero-order valence-corrected chi connectivity index (χ0v) is 18.8. The Labute approximate surface area is 197 Å². The Morgan fingerprint density at radius 3 is 2.43 bits per heavy atom. The van der Waals surface area contributed by atoms with E-state index in [9.17, 15) is 26.3 Å². The summed E-state index contributed by atoms with van der Waals surface area (Å²) >= 11 is 0. The lowest BCUT2D eigenvalue weighted by atomic mass is 9.94. The zero-order chi connectivity index (χ0) is 25.4. The molecule has 2 heterocycles. The fraction of sp³-hybridized carbons (Fsp3) is 0.320. The Morgan fingerprint density at radius 1 is 1.00 bits per heavy atom. The van der Waals surface area contributed by atoms with Crippen molar-refractivity contribution < 1.29 is 31.1 Å². The lowest BCUT2D eigenvalue weighted by Gasteiger charge is -2.15. The summed E-state index contributed by atoms with van der Waals surface area (Å²) < 4.78 is 88.1. The molecule has 2 aromatic heterocycles. The third kappa shape index (κ3) is 4.80. The summed E-state index contributed by atoms with van der Waals surface area (Å²) in [6.45, 7) is 2.54. The van der Waals surface area contributed by atoms with Crippen molar-refractivity contribution in [3.05, 3.63) is 59.3 Å². The van der Waals surface area contributed by atoms with Crippen LogP contribution in [0.25, 0.3) is 33.1 Å². The number of nitrogens with zero attached hydrogens (tertiary/aromatic N) is 1. The van der Waals surface area contributed by atoms with E-state index in [1.807, 2.05) is 6.92 Å². The lowest BCUT2D eigenvalue weighted by Crippen LogP contribution is -2.11. The molecule has 10 heteroatoms. The van der Waals surface area contributed by atoms with Crippen LogP contribution in [0, 0.1) is 0 Å². The summed E-state index contributed by atoms with van der Waals surface area (Å²) in [7, 11) is 0. The summed E-state index contributed by atoms with van der Waals surface area (Å²) in [6, 6.07) is 7.70. The van der Waals surface area contributed by atoms with E-state index < -0.39 is 23.5 Å². The number of aryl methyl sites for hydroxylation is 1. The van der Waals surface area contributed by atoms with Crippen molar-refractivity contribution in [3.63, 3.8) is 0 Å². The van der Waals surface area contributed by atoms with Crippen LogP contribution in [0.4, 0.5) is 26.3 Å². The largest absolute Gasteiger partial charge is 0.492 e. The van der Waals surface area contributed by atoms with Crippen molar-refractivity contribution in [3.8, 4) is 17.0 Å². The van der Waals surface area contributed by atoms with Crippen molar-refractivity contribution in [2.75, 3.05) is 13.2 Å². The van der Waals surface area contributed by atoms with Crippen LogP contribution in [-0.4, -0.2) is 23.1 Å². The van der Waals surface area contributed by atoms with Crippen LogP contribution in [0.3, 0.4) is 0 Å². The van der Waals surface area contributed by atoms with Crippen LogP contribution in [-0.2, 0) is 18.8 Å². The van der Waals surface area contributed by atoms with Crippen molar-refractivity contribution in [2.24, 2.45) is 5.73 Å². The molecule has 4 nitrogen and oxygen atoms in total. The van der Waals surface area contributed by atoms with Crippen LogP contribution >= 0.6 is 0 Å². The molecular formula is C25H23F6N3O. The van der Waals surface area contributed by atoms with E-state index in [4.69, 9.17) is 10.5 Å². The SMILES string of the molecule is CCOc1ccc(-c2[nH]c3cc(C(F)(F)F)cc(C(F)(F)F)c3c2CCCCN)c2cccnc12. The molecule has 3 N–H and O–H groups in total. The van der Waals surface area contributed by atoms with Crippen molar-refractivity contribution >= 4 is 21.8 Å². The Balaban J connectivity index is 2.07. The Kier molecular flexibility index (Phi) is 6.68. The molecule has 0 saturated heterocycles. The number of halogens is 6. The number of aromatic nitrogens is 2. The number of H-pyrrole nitrogens is 1. The molecule has 0 radical (unpaired) electrons. The molecule has 0 fully saturated rings. The quantitative estimate of drug-likeness (QED) is 0.212. The number of nitrogens with one attached hydrogen (secondary N) is 1. The number of benzene rings is 2. The monoisotopic (exact) mass is 495 g/mol. The van der Waals surface area contributed by atoms with Crippen molar-refractivity contribution in [2.45, 2.75) is 38.5 Å². The average Bonchev–Trinajstić information content (AvgIpc) is 3.16. The molecule has 0 amide bonds. The Morgan fingerprint density at radius 2 is 1.77 bits per heavy atom. The highest BCUT2D eigenvalue weighted by atomic mass is 19.4. The minimum atomic E-state index is -4.98. The maximum absolute atomic E-state index is 14.0. The second-order valence-electron chi connectivity index (χ2n) is 8.11. The third-order valence-electron chi connectivity index (χ3n) is 5.82. The lowest BCUT2D eigenvalue weighted by molar-refractivity contribution is -0.142. The first kappa shape index (κ1) is 24.8. The molecule has 0 aliphatic carbocycles. The summed E-state index contributed by atoms with van der Waals surface area (Å²) in [4.78, 5) is 7.24. The first-order chi connectivity index (χ1) is 16.6. The third-order valence-corrected chi connectivity index (χ3v) is 5.82. The molecule has 0 aliphatic rings. The van der Waals surface area contributed by atoms with Gasteiger partial charge in [0.05, 0.1) is 23.4 Å². The standard InChI is InChI=1S/C25H23F6N3O/c1-2-35-20-9-8-16(15-7-5-11-33-23(15)20)22-17(6-3-4-10-32)21-18(25(29,30)31)12-14(24(26,27)28)13-19(21)34-22/h5,7-9,11-13,34H,2-4,6,10,32H2,1H3. The van der Waals surface area contributed by atoms with Gasteiger partial charge in [0.2, 0.25) is 0 Å². The maximum Gasteiger partial charge on any atom is 0.417 e. The average molecular weight is 495 g/mol. The molecule has 35 heavy (non-hydrogen) atoms. The van der Waals surface area contributed by atoms with Gasteiger partial charge in [-0.05, 0) is 68.6 Å². The number of hydrogen-bond donors (Lipinski definition) is 2. The number of ether oxygens (including phenoxy) is 1. The first-order valence-electron chi connectivity index (χ1n) is 11.1. The number of alkyl halides is 6. The molecule has 0 atom stereocenters. The Bertz CT molecular complexity index is 1360. The molecule has 0 saturated carbocycles. The highest BCUT2D eigenvalue weighted by Crippen LogP contribution is 2.45. The predicted octanol–water partition coefficient (Wildman–Crippen LogP) is 7.10. The molecule has 0 bridgehead atoms. The van der Waals surface area contributed by atoms with Gasteiger partial charge in [-0.2, -0.15) is 26.3 Å². The van der Waals surface area contributed by atoms with Gasteiger partial charge < -0.3 is 15.5 Å². The first-order valence-corrected chi connectivity index (χ1v) is 11.1. The number of nitrogens with two attached hydrogens (primary N) is 1.